The van der Waals surface area contributed by atoms with E-state index in [1.807, 2.05) is 0 Å². The second kappa shape index (κ2) is 7.52. The fourth-order valence-electron chi connectivity index (χ4n) is 1.21. The molecule has 5 N–H and O–H groups in total. The zero-order valence-electron chi connectivity index (χ0n) is 10.0. The Kier molecular flexibility index (Phi) is 5.96. The molecule has 6 nitrogen and oxygen atoms in total. The summed E-state index contributed by atoms with van der Waals surface area (Å²) >= 11 is 0. The SMILES string of the molecule is Nc1ccc(OCCC(=O)NCC(O)CO)cc1. The highest BCUT2D eigenvalue weighted by atomic mass is 16.5. The van der Waals surface area contributed by atoms with Gasteiger partial charge in [-0.15, -0.1) is 0 Å². The Bertz CT molecular complexity index is 367. The normalized spacial score (nSPS) is 11.9. The molecule has 0 bridgehead atoms. The van der Waals surface area contributed by atoms with Gasteiger partial charge in [-0.1, -0.05) is 0 Å². The molecule has 100 valence electrons. The maximum absolute atomic E-state index is 11.3. The third-order valence-electron chi connectivity index (χ3n) is 2.22. The minimum absolute atomic E-state index is 0.0389. The van der Waals surface area contributed by atoms with Crippen LogP contribution in [-0.2, 0) is 4.79 Å². The molecule has 1 atom stereocenters. The van der Waals surface area contributed by atoms with Crippen LogP contribution in [0.2, 0.25) is 0 Å². The number of anilines is 1. The van der Waals surface area contributed by atoms with E-state index < -0.39 is 6.10 Å². The van der Waals surface area contributed by atoms with Gasteiger partial charge < -0.3 is 26.0 Å². The van der Waals surface area contributed by atoms with E-state index in [9.17, 15) is 4.79 Å². The number of rotatable bonds is 7. The van der Waals surface area contributed by atoms with Crippen LogP contribution in [0.1, 0.15) is 6.42 Å². The molecule has 0 aliphatic carbocycles. The third-order valence-corrected chi connectivity index (χ3v) is 2.22. The van der Waals surface area contributed by atoms with E-state index in [-0.39, 0.29) is 32.1 Å². The largest absolute Gasteiger partial charge is 0.493 e. The summed E-state index contributed by atoms with van der Waals surface area (Å²) < 4.78 is 5.34. The number of carbonyl (C=O) groups is 1. The summed E-state index contributed by atoms with van der Waals surface area (Å²) in [6.07, 6.45) is -0.741. The van der Waals surface area contributed by atoms with E-state index in [0.717, 1.165) is 0 Å². The van der Waals surface area contributed by atoms with E-state index in [2.05, 4.69) is 5.32 Å². The average molecular weight is 254 g/mol. The maximum atomic E-state index is 11.3. The molecule has 18 heavy (non-hydrogen) atoms. The van der Waals surface area contributed by atoms with Crippen molar-refractivity contribution in [3.8, 4) is 5.75 Å². The highest BCUT2D eigenvalue weighted by Gasteiger charge is 2.05. The molecule has 0 aromatic heterocycles. The molecule has 1 amide bonds. The van der Waals surface area contributed by atoms with Gasteiger partial charge in [0.15, 0.2) is 0 Å². The van der Waals surface area contributed by atoms with Gasteiger partial charge in [-0.3, -0.25) is 4.79 Å². The molecular weight excluding hydrogens is 236 g/mol. The zero-order valence-corrected chi connectivity index (χ0v) is 10.0. The van der Waals surface area contributed by atoms with Crippen LogP contribution in [0.4, 0.5) is 5.69 Å². The second-order valence-electron chi connectivity index (χ2n) is 3.81. The molecule has 1 unspecified atom stereocenters. The molecule has 0 aliphatic rings. The van der Waals surface area contributed by atoms with Crippen molar-refractivity contribution in [3.05, 3.63) is 24.3 Å². The number of aliphatic hydroxyl groups excluding tert-OH is 2. The first kappa shape index (κ1) is 14.3. The standard InChI is InChI=1S/C12H18N2O4/c13-9-1-3-11(4-2-9)18-6-5-12(17)14-7-10(16)8-15/h1-4,10,15-16H,5-8,13H2,(H,14,17). The van der Waals surface area contributed by atoms with Crippen LogP contribution in [0.5, 0.6) is 5.75 Å². The molecule has 6 heteroatoms. The Balaban J connectivity index is 2.17. The summed E-state index contributed by atoms with van der Waals surface area (Å²) in [7, 11) is 0. The topological polar surface area (TPSA) is 105 Å². The first-order valence-corrected chi connectivity index (χ1v) is 5.65. The lowest BCUT2D eigenvalue weighted by molar-refractivity contribution is -0.122. The summed E-state index contributed by atoms with van der Waals surface area (Å²) in [5.74, 6) is 0.408. The number of hydrogen-bond donors (Lipinski definition) is 4. The number of hydrogen-bond acceptors (Lipinski definition) is 5. The number of nitrogens with two attached hydrogens (primary N) is 1. The number of benzene rings is 1. The minimum atomic E-state index is -0.924. The van der Waals surface area contributed by atoms with Crippen LogP contribution in [0.3, 0.4) is 0 Å². The van der Waals surface area contributed by atoms with Crippen LogP contribution in [-0.4, -0.2) is 42.0 Å². The van der Waals surface area contributed by atoms with Crippen molar-refractivity contribution < 1.29 is 19.7 Å². The predicted molar refractivity (Wildman–Crippen MR) is 67.1 cm³/mol. The number of ether oxygens (including phenoxy) is 1. The van der Waals surface area contributed by atoms with E-state index in [1.54, 1.807) is 24.3 Å². The lowest BCUT2D eigenvalue weighted by Gasteiger charge is -2.09. The van der Waals surface area contributed by atoms with Gasteiger partial charge in [-0.2, -0.15) is 0 Å². The Morgan fingerprint density at radius 2 is 2.06 bits per heavy atom. The Morgan fingerprint density at radius 1 is 1.39 bits per heavy atom. The van der Waals surface area contributed by atoms with Crippen molar-refractivity contribution in [2.24, 2.45) is 0 Å². The smallest absolute Gasteiger partial charge is 0.223 e. The van der Waals surface area contributed by atoms with Gasteiger partial charge in [-0.25, -0.2) is 0 Å². The fourth-order valence-corrected chi connectivity index (χ4v) is 1.21. The molecule has 0 heterocycles. The summed E-state index contributed by atoms with van der Waals surface area (Å²) in [5.41, 5.74) is 6.17. The molecule has 0 saturated heterocycles. The number of carbonyl (C=O) groups excluding carboxylic acids is 1. The van der Waals surface area contributed by atoms with Crippen molar-refractivity contribution in [1.82, 2.24) is 5.32 Å². The highest BCUT2D eigenvalue weighted by Crippen LogP contribution is 2.12. The van der Waals surface area contributed by atoms with Crippen molar-refractivity contribution in [2.75, 3.05) is 25.5 Å². The van der Waals surface area contributed by atoms with E-state index in [0.29, 0.717) is 11.4 Å². The summed E-state index contributed by atoms with van der Waals surface area (Å²) in [6, 6.07) is 6.88. The molecule has 0 radical (unpaired) electrons. The van der Waals surface area contributed by atoms with E-state index in [1.165, 1.54) is 0 Å². The van der Waals surface area contributed by atoms with Gasteiger partial charge in [0.05, 0.1) is 25.7 Å². The van der Waals surface area contributed by atoms with Crippen molar-refractivity contribution in [3.63, 3.8) is 0 Å². The summed E-state index contributed by atoms with van der Waals surface area (Å²) in [4.78, 5) is 11.3. The summed E-state index contributed by atoms with van der Waals surface area (Å²) in [6.45, 7) is -0.0929. The monoisotopic (exact) mass is 254 g/mol. The van der Waals surface area contributed by atoms with Gasteiger partial charge in [0.2, 0.25) is 5.91 Å². The number of aliphatic hydroxyl groups is 2. The summed E-state index contributed by atoms with van der Waals surface area (Å²) in [5, 5.41) is 20.1. The van der Waals surface area contributed by atoms with Gasteiger partial charge in [-0.05, 0) is 24.3 Å². The number of nitrogens with one attached hydrogen (secondary N) is 1. The van der Waals surface area contributed by atoms with E-state index >= 15 is 0 Å². The molecular formula is C12H18N2O4. The maximum Gasteiger partial charge on any atom is 0.223 e. The lowest BCUT2D eigenvalue weighted by Crippen LogP contribution is -2.34. The second-order valence-corrected chi connectivity index (χ2v) is 3.81. The van der Waals surface area contributed by atoms with Gasteiger partial charge >= 0.3 is 0 Å². The van der Waals surface area contributed by atoms with Crippen molar-refractivity contribution >= 4 is 11.6 Å². The van der Waals surface area contributed by atoms with Gasteiger partial charge in [0, 0.05) is 12.2 Å². The van der Waals surface area contributed by atoms with Crippen LogP contribution in [0.15, 0.2) is 24.3 Å². The first-order chi connectivity index (χ1) is 8.61. The molecule has 0 fully saturated rings. The van der Waals surface area contributed by atoms with Crippen LogP contribution in [0.25, 0.3) is 0 Å². The van der Waals surface area contributed by atoms with Crippen LogP contribution >= 0.6 is 0 Å². The molecule has 0 spiro atoms. The molecule has 1 aromatic rings. The quantitative estimate of drug-likeness (QED) is 0.491. The molecule has 1 rings (SSSR count). The van der Waals surface area contributed by atoms with Gasteiger partial charge in [0.1, 0.15) is 5.75 Å². The molecule has 0 saturated carbocycles. The van der Waals surface area contributed by atoms with Crippen LogP contribution in [0, 0.1) is 0 Å². The Morgan fingerprint density at radius 3 is 2.67 bits per heavy atom. The highest BCUT2D eigenvalue weighted by molar-refractivity contribution is 5.76. The molecule has 1 aromatic carbocycles. The number of amides is 1. The fraction of sp³-hybridized carbons (Fsp3) is 0.417. The first-order valence-electron chi connectivity index (χ1n) is 5.65. The molecule has 0 aliphatic heterocycles. The Hall–Kier alpha value is -1.79. The van der Waals surface area contributed by atoms with Gasteiger partial charge in [0.25, 0.3) is 0 Å². The van der Waals surface area contributed by atoms with E-state index in [4.69, 9.17) is 20.7 Å². The van der Waals surface area contributed by atoms with Crippen LogP contribution < -0.4 is 15.8 Å². The third kappa shape index (κ3) is 5.51. The Labute approximate surface area is 105 Å². The zero-order chi connectivity index (χ0) is 13.4. The van der Waals surface area contributed by atoms with Crippen molar-refractivity contribution in [1.29, 1.82) is 0 Å². The predicted octanol–water partition coefficient (Wildman–Crippen LogP) is -0.493. The minimum Gasteiger partial charge on any atom is -0.493 e. The average Bonchev–Trinajstić information content (AvgIpc) is 2.38. The lowest BCUT2D eigenvalue weighted by atomic mass is 10.3. The number of nitrogen functional groups attached to an aromatic ring is 1. The van der Waals surface area contributed by atoms with Crippen molar-refractivity contribution in [2.45, 2.75) is 12.5 Å².